The van der Waals surface area contributed by atoms with Crippen LogP contribution in [0.3, 0.4) is 0 Å². The molecule has 2 aromatic carbocycles. The lowest BCUT2D eigenvalue weighted by atomic mass is 9.78. The first-order chi connectivity index (χ1) is 18.0. The molecule has 5 nitrogen and oxygen atoms in total. The Morgan fingerprint density at radius 1 is 0.950 bits per heavy atom. The van der Waals surface area contributed by atoms with Gasteiger partial charge in [-0.05, 0) is 66.9 Å². The molecule has 40 heavy (non-hydrogen) atoms. The SMILES string of the molecule is Cc1cc(F)ccc1[C@@H]1CN(CC(=O)N(C)C)CC[C@H]1C(=O)N(C)Cc1cc(C(F)(F)F)cc(C(F)(F)F)c1.Cl. The van der Waals surface area contributed by atoms with E-state index in [-0.39, 0.29) is 43.0 Å². The molecule has 13 heteroatoms. The maximum Gasteiger partial charge on any atom is 0.416 e. The van der Waals surface area contributed by atoms with E-state index in [1.807, 2.05) is 4.90 Å². The minimum absolute atomic E-state index is 0. The summed E-state index contributed by atoms with van der Waals surface area (Å²) in [4.78, 5) is 30.3. The van der Waals surface area contributed by atoms with Gasteiger partial charge in [-0.15, -0.1) is 12.4 Å². The van der Waals surface area contributed by atoms with Crippen molar-refractivity contribution in [1.82, 2.24) is 14.7 Å². The Labute approximate surface area is 234 Å². The lowest BCUT2D eigenvalue weighted by Gasteiger charge is -2.40. The second kappa shape index (κ2) is 12.8. The minimum Gasteiger partial charge on any atom is -0.348 e. The van der Waals surface area contributed by atoms with E-state index < -0.39 is 53.6 Å². The molecule has 0 unspecified atom stereocenters. The van der Waals surface area contributed by atoms with Crippen molar-refractivity contribution >= 4 is 24.2 Å². The molecule has 0 bridgehead atoms. The Morgan fingerprint density at radius 2 is 1.52 bits per heavy atom. The molecule has 1 heterocycles. The van der Waals surface area contributed by atoms with Crippen LogP contribution in [0.2, 0.25) is 0 Å². The molecule has 0 aromatic heterocycles. The maximum absolute atomic E-state index is 13.8. The molecule has 0 spiro atoms. The van der Waals surface area contributed by atoms with Crippen LogP contribution in [0.25, 0.3) is 0 Å². The summed E-state index contributed by atoms with van der Waals surface area (Å²) in [5.74, 6) is -2.23. The normalized spacial score (nSPS) is 18.2. The fourth-order valence-electron chi connectivity index (χ4n) is 4.91. The zero-order chi connectivity index (χ0) is 29.3. The third kappa shape index (κ3) is 8.09. The summed E-state index contributed by atoms with van der Waals surface area (Å²) in [7, 11) is 4.56. The topological polar surface area (TPSA) is 43.9 Å². The second-order valence-corrected chi connectivity index (χ2v) is 10.1. The van der Waals surface area contributed by atoms with Crippen LogP contribution < -0.4 is 0 Å². The number of alkyl halides is 6. The number of benzene rings is 2. The first-order valence-corrected chi connectivity index (χ1v) is 12.2. The maximum atomic E-state index is 13.8. The highest BCUT2D eigenvalue weighted by Gasteiger charge is 2.39. The van der Waals surface area contributed by atoms with E-state index >= 15 is 0 Å². The number of carbonyl (C=O) groups is 2. The average molecular weight is 598 g/mol. The van der Waals surface area contributed by atoms with Gasteiger partial charge in [0.15, 0.2) is 0 Å². The predicted octanol–water partition coefficient (Wildman–Crippen LogP) is 5.75. The molecule has 0 radical (unpaired) electrons. The fraction of sp³-hybridized carbons (Fsp3) is 0.481. The number of amides is 2. The number of hydrogen-bond donors (Lipinski definition) is 0. The Hall–Kier alpha value is -2.86. The van der Waals surface area contributed by atoms with E-state index in [0.29, 0.717) is 36.2 Å². The molecule has 0 N–H and O–H groups in total. The van der Waals surface area contributed by atoms with Crippen molar-refractivity contribution in [3.05, 3.63) is 70.0 Å². The Balaban J connectivity index is 0.00000560. The van der Waals surface area contributed by atoms with Gasteiger partial charge in [0.05, 0.1) is 17.7 Å². The number of likely N-dealkylation sites (tertiary alicyclic amines) is 1. The third-order valence-electron chi connectivity index (χ3n) is 6.95. The van der Waals surface area contributed by atoms with Crippen LogP contribution >= 0.6 is 12.4 Å². The van der Waals surface area contributed by atoms with E-state index in [1.165, 1.54) is 24.1 Å². The summed E-state index contributed by atoms with van der Waals surface area (Å²) in [5.41, 5.74) is -1.94. The quantitative estimate of drug-likeness (QED) is 0.399. The Kier molecular flexibility index (Phi) is 10.6. The summed E-state index contributed by atoms with van der Waals surface area (Å²) in [5, 5.41) is 0. The van der Waals surface area contributed by atoms with Gasteiger partial charge in [-0.3, -0.25) is 14.5 Å². The number of aryl methyl sites for hydroxylation is 1. The largest absolute Gasteiger partial charge is 0.416 e. The van der Waals surface area contributed by atoms with Gasteiger partial charge in [0.1, 0.15) is 5.82 Å². The van der Waals surface area contributed by atoms with Crippen LogP contribution in [0, 0.1) is 18.7 Å². The van der Waals surface area contributed by atoms with E-state index in [9.17, 15) is 40.3 Å². The molecule has 3 rings (SSSR count). The van der Waals surface area contributed by atoms with Gasteiger partial charge < -0.3 is 9.80 Å². The molecule has 0 aliphatic carbocycles. The lowest BCUT2D eigenvalue weighted by molar-refractivity contribution is -0.143. The second-order valence-electron chi connectivity index (χ2n) is 10.1. The molecular weight excluding hydrogens is 567 g/mol. The molecule has 1 aliphatic rings. The number of rotatable bonds is 6. The number of likely N-dealkylation sites (N-methyl/N-ethyl adjacent to an activating group) is 1. The first kappa shape index (κ1) is 33.3. The number of piperidine rings is 1. The molecule has 2 atom stereocenters. The number of hydrogen-bond acceptors (Lipinski definition) is 3. The van der Waals surface area contributed by atoms with Gasteiger partial charge in [-0.2, -0.15) is 26.3 Å². The minimum atomic E-state index is -5.00. The van der Waals surface area contributed by atoms with Crippen LogP contribution in [0.1, 0.15) is 40.2 Å². The van der Waals surface area contributed by atoms with Crippen molar-refractivity contribution in [2.45, 2.75) is 38.2 Å². The summed E-state index contributed by atoms with van der Waals surface area (Å²) in [6.45, 7) is 1.99. The third-order valence-corrected chi connectivity index (χ3v) is 6.95. The van der Waals surface area contributed by atoms with Crippen LogP contribution in [0.4, 0.5) is 30.7 Å². The van der Waals surface area contributed by atoms with Crippen molar-refractivity contribution < 1.29 is 40.3 Å². The van der Waals surface area contributed by atoms with Gasteiger partial charge in [-0.25, -0.2) is 4.39 Å². The molecule has 0 saturated carbocycles. The highest BCUT2D eigenvalue weighted by atomic mass is 35.5. The Morgan fingerprint density at radius 3 is 2.02 bits per heavy atom. The van der Waals surface area contributed by atoms with Gasteiger partial charge in [-0.1, -0.05) is 6.07 Å². The molecular formula is C27H31ClF7N3O2. The zero-order valence-corrected chi connectivity index (χ0v) is 23.2. The van der Waals surface area contributed by atoms with Gasteiger partial charge >= 0.3 is 12.4 Å². The van der Waals surface area contributed by atoms with Crippen molar-refractivity contribution in [2.24, 2.45) is 5.92 Å². The highest BCUT2D eigenvalue weighted by Crippen LogP contribution is 2.38. The van der Waals surface area contributed by atoms with E-state index in [0.717, 1.165) is 4.90 Å². The molecule has 2 amide bonds. The average Bonchev–Trinajstić information content (AvgIpc) is 2.82. The van der Waals surface area contributed by atoms with Gasteiger partial charge in [0.25, 0.3) is 0 Å². The van der Waals surface area contributed by atoms with Gasteiger partial charge in [0.2, 0.25) is 11.8 Å². The lowest BCUT2D eigenvalue weighted by Crippen LogP contribution is -2.48. The summed E-state index contributed by atoms with van der Waals surface area (Å²) >= 11 is 0. The van der Waals surface area contributed by atoms with Crippen LogP contribution in [-0.4, -0.2) is 67.3 Å². The number of nitrogens with zero attached hydrogens (tertiary/aromatic N) is 3. The number of halogens is 8. The molecule has 2 aromatic rings. The molecule has 1 fully saturated rings. The van der Waals surface area contributed by atoms with E-state index in [4.69, 9.17) is 0 Å². The van der Waals surface area contributed by atoms with Crippen molar-refractivity contribution in [3.8, 4) is 0 Å². The molecule has 1 saturated heterocycles. The molecule has 1 aliphatic heterocycles. The van der Waals surface area contributed by atoms with Crippen LogP contribution in [0.5, 0.6) is 0 Å². The predicted molar refractivity (Wildman–Crippen MR) is 137 cm³/mol. The first-order valence-electron chi connectivity index (χ1n) is 12.2. The molecule has 222 valence electrons. The number of carbonyl (C=O) groups excluding carboxylic acids is 2. The summed E-state index contributed by atoms with van der Waals surface area (Å²) in [6, 6.07) is 5.41. The highest BCUT2D eigenvalue weighted by molar-refractivity contribution is 5.85. The summed E-state index contributed by atoms with van der Waals surface area (Å²) in [6.07, 6.45) is -9.71. The van der Waals surface area contributed by atoms with E-state index in [1.54, 1.807) is 27.1 Å². The van der Waals surface area contributed by atoms with Gasteiger partial charge in [0, 0.05) is 46.1 Å². The smallest absolute Gasteiger partial charge is 0.348 e. The standard InChI is InChI=1S/C27H30F7N3O2.ClH/c1-16-9-20(28)5-6-21(16)23-14-37(15-24(38)35(2)3)8-7-22(23)25(39)36(4)13-17-10-18(26(29,30)31)12-19(11-17)27(32,33)34;/h5-6,9-12,22-23H,7-8,13-15H2,1-4H3;1H/t22-,23+;/m1./s1. The fourth-order valence-corrected chi connectivity index (χ4v) is 4.91. The summed E-state index contributed by atoms with van der Waals surface area (Å²) < 4.78 is 93.6. The van der Waals surface area contributed by atoms with Crippen molar-refractivity contribution in [2.75, 3.05) is 40.8 Å². The van der Waals surface area contributed by atoms with Crippen molar-refractivity contribution in [3.63, 3.8) is 0 Å². The Bertz CT molecular complexity index is 1190. The van der Waals surface area contributed by atoms with E-state index in [2.05, 4.69) is 0 Å². The zero-order valence-electron chi connectivity index (χ0n) is 22.4. The van der Waals surface area contributed by atoms with Crippen molar-refractivity contribution in [1.29, 1.82) is 0 Å². The van der Waals surface area contributed by atoms with Crippen LogP contribution in [0.15, 0.2) is 36.4 Å². The van der Waals surface area contributed by atoms with Crippen LogP contribution in [-0.2, 0) is 28.5 Å². The monoisotopic (exact) mass is 597 g/mol.